The molecule has 2 amide bonds. The lowest BCUT2D eigenvalue weighted by Gasteiger charge is -2.36. The highest BCUT2D eigenvalue weighted by atomic mass is 16.4. The van der Waals surface area contributed by atoms with Crippen LogP contribution < -0.4 is 5.32 Å². The summed E-state index contributed by atoms with van der Waals surface area (Å²) in [6, 6.07) is -0.625. The average Bonchev–Trinajstić information content (AvgIpc) is 2.67. The standard InChI is InChI=1S/C15H26N2O3/c1-11-8-9-17(13(10-11)14(18)19)15(20)16-12-6-4-2-3-5-7-12/h11-13H,2-10H2,1H3,(H,16,20)(H,18,19). The molecule has 2 fully saturated rings. The van der Waals surface area contributed by atoms with Gasteiger partial charge in [-0.1, -0.05) is 32.6 Å². The van der Waals surface area contributed by atoms with Crippen molar-refractivity contribution < 1.29 is 14.7 Å². The summed E-state index contributed by atoms with van der Waals surface area (Å²) < 4.78 is 0. The summed E-state index contributed by atoms with van der Waals surface area (Å²) in [7, 11) is 0. The van der Waals surface area contributed by atoms with Crippen molar-refractivity contribution in [2.45, 2.75) is 70.4 Å². The lowest BCUT2D eigenvalue weighted by molar-refractivity contribution is -0.143. The largest absolute Gasteiger partial charge is 0.480 e. The average molecular weight is 282 g/mol. The summed E-state index contributed by atoms with van der Waals surface area (Å²) in [6.07, 6.45) is 8.29. The Morgan fingerprint density at radius 2 is 1.75 bits per heavy atom. The SMILES string of the molecule is CC1CCN(C(=O)NC2CCCCCC2)C(C(=O)O)C1. The number of carboxylic acid groups (broad SMARTS) is 1. The fourth-order valence-electron chi connectivity index (χ4n) is 3.30. The molecule has 2 N–H and O–H groups in total. The van der Waals surface area contributed by atoms with Crippen molar-refractivity contribution in [3.63, 3.8) is 0 Å². The monoisotopic (exact) mass is 282 g/mol. The molecular formula is C15H26N2O3. The van der Waals surface area contributed by atoms with E-state index in [1.165, 1.54) is 17.7 Å². The Hall–Kier alpha value is -1.26. The van der Waals surface area contributed by atoms with Gasteiger partial charge in [0.25, 0.3) is 0 Å². The van der Waals surface area contributed by atoms with Gasteiger partial charge in [0.15, 0.2) is 0 Å². The Balaban J connectivity index is 1.93. The molecule has 2 rings (SSSR count). The Labute approximate surface area is 120 Å². The van der Waals surface area contributed by atoms with Crippen LogP contribution in [-0.4, -0.2) is 40.6 Å². The molecule has 2 aliphatic rings. The van der Waals surface area contributed by atoms with Gasteiger partial charge in [0.1, 0.15) is 6.04 Å². The number of hydrogen-bond donors (Lipinski definition) is 2. The third-order valence-corrected chi connectivity index (χ3v) is 4.59. The van der Waals surface area contributed by atoms with Gasteiger partial charge >= 0.3 is 12.0 Å². The lowest BCUT2D eigenvalue weighted by atomic mass is 9.92. The molecule has 0 bridgehead atoms. The molecule has 2 unspecified atom stereocenters. The predicted molar refractivity (Wildman–Crippen MR) is 76.5 cm³/mol. The van der Waals surface area contributed by atoms with Crippen LogP contribution in [0.2, 0.25) is 0 Å². The molecular weight excluding hydrogens is 256 g/mol. The highest BCUT2D eigenvalue weighted by Crippen LogP contribution is 2.23. The number of carbonyl (C=O) groups excluding carboxylic acids is 1. The second kappa shape index (κ2) is 6.95. The fourth-order valence-corrected chi connectivity index (χ4v) is 3.30. The van der Waals surface area contributed by atoms with Crippen molar-refractivity contribution >= 4 is 12.0 Å². The Morgan fingerprint density at radius 3 is 2.35 bits per heavy atom. The molecule has 0 spiro atoms. The van der Waals surface area contributed by atoms with Gasteiger partial charge in [-0.05, 0) is 31.6 Å². The molecule has 114 valence electrons. The summed E-state index contributed by atoms with van der Waals surface area (Å²) in [4.78, 5) is 25.2. The fraction of sp³-hybridized carbons (Fsp3) is 0.867. The van der Waals surface area contributed by atoms with E-state index in [-0.39, 0.29) is 12.1 Å². The molecule has 1 aliphatic carbocycles. The van der Waals surface area contributed by atoms with Gasteiger partial charge in [-0.3, -0.25) is 0 Å². The van der Waals surface area contributed by atoms with E-state index in [0.717, 1.165) is 32.1 Å². The van der Waals surface area contributed by atoms with Crippen LogP contribution in [0.4, 0.5) is 4.79 Å². The Morgan fingerprint density at radius 1 is 1.10 bits per heavy atom. The number of rotatable bonds is 2. The van der Waals surface area contributed by atoms with Crippen LogP contribution in [-0.2, 0) is 4.79 Å². The van der Waals surface area contributed by atoms with Gasteiger partial charge in [-0.15, -0.1) is 0 Å². The van der Waals surface area contributed by atoms with Crippen LogP contribution in [0.1, 0.15) is 58.3 Å². The van der Waals surface area contributed by atoms with E-state index in [9.17, 15) is 14.7 Å². The molecule has 5 heteroatoms. The molecule has 1 saturated carbocycles. The van der Waals surface area contributed by atoms with Crippen LogP contribution in [0.15, 0.2) is 0 Å². The zero-order valence-electron chi connectivity index (χ0n) is 12.3. The first-order chi connectivity index (χ1) is 9.58. The highest BCUT2D eigenvalue weighted by molar-refractivity contribution is 5.83. The quantitative estimate of drug-likeness (QED) is 0.765. The predicted octanol–water partition coefficient (Wildman–Crippen LogP) is 2.60. The maximum Gasteiger partial charge on any atom is 0.326 e. The van der Waals surface area contributed by atoms with E-state index in [4.69, 9.17) is 0 Å². The van der Waals surface area contributed by atoms with Gasteiger partial charge in [0.05, 0.1) is 0 Å². The van der Waals surface area contributed by atoms with Crippen molar-refractivity contribution in [2.75, 3.05) is 6.54 Å². The number of urea groups is 1. The van der Waals surface area contributed by atoms with Crippen LogP contribution in [0.25, 0.3) is 0 Å². The Bertz CT molecular complexity index is 351. The Kier molecular flexibility index (Phi) is 5.26. The normalized spacial score (nSPS) is 28.8. The third kappa shape index (κ3) is 3.87. The minimum atomic E-state index is -0.882. The van der Waals surface area contributed by atoms with Crippen molar-refractivity contribution in [3.8, 4) is 0 Å². The smallest absolute Gasteiger partial charge is 0.326 e. The number of carboxylic acids is 1. The van der Waals surface area contributed by atoms with Crippen molar-refractivity contribution in [1.82, 2.24) is 10.2 Å². The van der Waals surface area contributed by atoms with E-state index < -0.39 is 12.0 Å². The van der Waals surface area contributed by atoms with Crippen LogP contribution in [0.3, 0.4) is 0 Å². The summed E-state index contributed by atoms with van der Waals surface area (Å²) >= 11 is 0. The lowest BCUT2D eigenvalue weighted by Crippen LogP contribution is -2.55. The summed E-state index contributed by atoms with van der Waals surface area (Å²) in [5, 5.41) is 12.4. The summed E-state index contributed by atoms with van der Waals surface area (Å²) in [6.45, 7) is 2.60. The summed E-state index contributed by atoms with van der Waals surface area (Å²) in [5.41, 5.74) is 0. The number of amides is 2. The maximum absolute atomic E-state index is 12.4. The molecule has 20 heavy (non-hydrogen) atoms. The van der Waals surface area contributed by atoms with Crippen LogP contribution in [0, 0.1) is 5.92 Å². The molecule has 0 aromatic heterocycles. The topological polar surface area (TPSA) is 69.6 Å². The first-order valence-corrected chi connectivity index (χ1v) is 7.88. The van der Waals surface area contributed by atoms with E-state index >= 15 is 0 Å². The number of nitrogens with one attached hydrogen (secondary N) is 1. The van der Waals surface area contributed by atoms with Crippen molar-refractivity contribution in [3.05, 3.63) is 0 Å². The van der Waals surface area contributed by atoms with Crippen LogP contribution >= 0.6 is 0 Å². The molecule has 1 heterocycles. The number of piperidine rings is 1. The maximum atomic E-state index is 12.4. The van der Waals surface area contributed by atoms with Crippen LogP contribution in [0.5, 0.6) is 0 Å². The zero-order valence-corrected chi connectivity index (χ0v) is 12.3. The van der Waals surface area contributed by atoms with E-state index in [1.807, 2.05) is 0 Å². The second-order valence-corrected chi connectivity index (χ2v) is 6.31. The van der Waals surface area contributed by atoms with Gasteiger partial charge in [-0.2, -0.15) is 0 Å². The number of carbonyl (C=O) groups is 2. The molecule has 1 aliphatic heterocycles. The van der Waals surface area contributed by atoms with E-state index in [2.05, 4.69) is 12.2 Å². The molecule has 5 nitrogen and oxygen atoms in total. The van der Waals surface area contributed by atoms with Gasteiger partial charge in [0, 0.05) is 12.6 Å². The van der Waals surface area contributed by atoms with E-state index in [1.54, 1.807) is 0 Å². The van der Waals surface area contributed by atoms with Gasteiger partial charge in [0.2, 0.25) is 0 Å². The highest BCUT2D eigenvalue weighted by Gasteiger charge is 2.35. The first kappa shape index (κ1) is 15.1. The minimum absolute atomic E-state index is 0.184. The van der Waals surface area contributed by atoms with Crippen molar-refractivity contribution in [2.24, 2.45) is 5.92 Å². The zero-order chi connectivity index (χ0) is 14.5. The van der Waals surface area contributed by atoms with Gasteiger partial charge in [-0.25, -0.2) is 9.59 Å². The molecule has 0 radical (unpaired) electrons. The molecule has 1 saturated heterocycles. The number of hydrogen-bond acceptors (Lipinski definition) is 2. The van der Waals surface area contributed by atoms with Gasteiger partial charge < -0.3 is 15.3 Å². The number of nitrogens with zero attached hydrogens (tertiary/aromatic N) is 1. The first-order valence-electron chi connectivity index (χ1n) is 7.88. The second-order valence-electron chi connectivity index (χ2n) is 6.31. The number of likely N-dealkylation sites (tertiary alicyclic amines) is 1. The van der Waals surface area contributed by atoms with Crippen molar-refractivity contribution in [1.29, 1.82) is 0 Å². The molecule has 2 atom stereocenters. The molecule has 0 aromatic carbocycles. The number of aliphatic carboxylic acids is 1. The van der Waals surface area contributed by atoms with E-state index in [0.29, 0.717) is 18.9 Å². The third-order valence-electron chi connectivity index (χ3n) is 4.59. The molecule has 0 aromatic rings. The summed E-state index contributed by atoms with van der Waals surface area (Å²) in [5.74, 6) is -0.509. The minimum Gasteiger partial charge on any atom is -0.480 e.